The van der Waals surface area contributed by atoms with E-state index in [2.05, 4.69) is 21.9 Å². The van der Waals surface area contributed by atoms with Crippen molar-refractivity contribution in [2.75, 3.05) is 31.1 Å². The number of rotatable bonds is 2. The van der Waals surface area contributed by atoms with Gasteiger partial charge in [0.2, 0.25) is 5.91 Å². The van der Waals surface area contributed by atoms with Gasteiger partial charge in [0, 0.05) is 42.3 Å². The van der Waals surface area contributed by atoms with Crippen molar-refractivity contribution in [2.24, 2.45) is 11.3 Å². The number of halogens is 1. The van der Waals surface area contributed by atoms with Crippen LogP contribution in [0, 0.1) is 11.3 Å². The number of carbonyl (C=O) groups is 1. The maximum absolute atomic E-state index is 12.5. The first kappa shape index (κ1) is 18.6. The Morgan fingerprint density at radius 3 is 2.56 bits per heavy atom. The van der Waals surface area contributed by atoms with Crippen molar-refractivity contribution < 1.29 is 4.79 Å². The smallest absolute Gasteiger partial charge is 0.227 e. The summed E-state index contributed by atoms with van der Waals surface area (Å²) in [6, 6.07) is 6.35. The molecular formula is C21H31ClN2O. The molecule has 0 spiro atoms. The van der Waals surface area contributed by atoms with Crippen molar-refractivity contribution in [3.05, 3.63) is 28.8 Å². The van der Waals surface area contributed by atoms with Crippen molar-refractivity contribution >= 4 is 23.2 Å². The number of amides is 1. The summed E-state index contributed by atoms with van der Waals surface area (Å²) in [6.07, 6.45) is 5.84. The molecule has 2 heterocycles. The van der Waals surface area contributed by atoms with E-state index >= 15 is 0 Å². The minimum atomic E-state index is -0.268. The Morgan fingerprint density at radius 1 is 1.16 bits per heavy atom. The van der Waals surface area contributed by atoms with Gasteiger partial charge in [-0.1, -0.05) is 32.4 Å². The number of hydrogen-bond donors (Lipinski definition) is 0. The lowest BCUT2D eigenvalue weighted by molar-refractivity contribution is -0.140. The number of fused-ring (bicyclic) bond motifs is 1. The van der Waals surface area contributed by atoms with E-state index in [4.69, 9.17) is 11.6 Å². The molecule has 1 saturated heterocycles. The summed E-state index contributed by atoms with van der Waals surface area (Å²) >= 11 is 6.20. The van der Waals surface area contributed by atoms with Gasteiger partial charge in [0.05, 0.1) is 0 Å². The summed E-state index contributed by atoms with van der Waals surface area (Å²) in [6.45, 7) is 10.1. The molecule has 0 aromatic heterocycles. The third kappa shape index (κ3) is 4.49. The van der Waals surface area contributed by atoms with Crippen molar-refractivity contribution in [2.45, 2.75) is 52.9 Å². The van der Waals surface area contributed by atoms with Gasteiger partial charge in [-0.25, -0.2) is 0 Å². The molecule has 0 bridgehead atoms. The Hall–Kier alpha value is -1.22. The molecule has 1 aromatic rings. The van der Waals surface area contributed by atoms with Gasteiger partial charge in [-0.15, -0.1) is 0 Å². The quantitative estimate of drug-likeness (QED) is 0.756. The maximum Gasteiger partial charge on any atom is 0.227 e. The highest BCUT2D eigenvalue weighted by Gasteiger charge is 2.31. The molecule has 0 unspecified atom stereocenters. The van der Waals surface area contributed by atoms with Crippen molar-refractivity contribution in [1.82, 2.24) is 4.90 Å². The van der Waals surface area contributed by atoms with Crippen LogP contribution in [0.15, 0.2) is 18.2 Å². The molecule has 4 heteroatoms. The van der Waals surface area contributed by atoms with E-state index in [0.29, 0.717) is 11.8 Å². The van der Waals surface area contributed by atoms with Crippen molar-refractivity contribution in [3.63, 3.8) is 0 Å². The van der Waals surface area contributed by atoms with Gasteiger partial charge in [-0.3, -0.25) is 4.79 Å². The molecule has 1 fully saturated rings. The van der Waals surface area contributed by atoms with E-state index in [1.807, 2.05) is 26.8 Å². The second-order valence-electron chi connectivity index (χ2n) is 8.66. The molecule has 1 aromatic carbocycles. The average molecular weight is 363 g/mol. The summed E-state index contributed by atoms with van der Waals surface area (Å²) in [7, 11) is 0. The van der Waals surface area contributed by atoms with Gasteiger partial charge < -0.3 is 9.80 Å². The standard InChI is InChI=1S/C21H31ClN2O/c1-21(2,3)20(25)23-12-9-16(10-13-23)15-24-11-5-4-6-17-14-18(22)7-8-19(17)24/h7-8,14,16H,4-6,9-13,15H2,1-3H3. The fraction of sp³-hybridized carbons (Fsp3) is 0.667. The van der Waals surface area contributed by atoms with Crippen LogP contribution in [0.25, 0.3) is 0 Å². The molecule has 138 valence electrons. The lowest BCUT2D eigenvalue weighted by atomic mass is 9.90. The van der Waals surface area contributed by atoms with E-state index in [-0.39, 0.29) is 5.41 Å². The number of nitrogens with zero attached hydrogens (tertiary/aromatic N) is 2. The molecule has 2 aliphatic heterocycles. The first-order valence-electron chi connectivity index (χ1n) is 9.67. The van der Waals surface area contributed by atoms with E-state index in [0.717, 1.165) is 50.5 Å². The Morgan fingerprint density at radius 2 is 1.88 bits per heavy atom. The van der Waals surface area contributed by atoms with Gasteiger partial charge in [-0.2, -0.15) is 0 Å². The van der Waals surface area contributed by atoms with Crippen LogP contribution in [-0.4, -0.2) is 37.0 Å². The average Bonchev–Trinajstić information content (AvgIpc) is 2.76. The Bertz CT molecular complexity index is 615. The van der Waals surface area contributed by atoms with E-state index in [1.165, 1.54) is 24.1 Å². The van der Waals surface area contributed by atoms with E-state index in [9.17, 15) is 4.79 Å². The van der Waals surface area contributed by atoms with Crippen LogP contribution in [0.2, 0.25) is 5.02 Å². The molecule has 0 radical (unpaired) electrons. The predicted octanol–water partition coefficient (Wildman–Crippen LogP) is 4.77. The van der Waals surface area contributed by atoms with Crippen LogP contribution >= 0.6 is 11.6 Å². The van der Waals surface area contributed by atoms with Crippen molar-refractivity contribution in [1.29, 1.82) is 0 Å². The molecular weight excluding hydrogens is 332 g/mol. The summed E-state index contributed by atoms with van der Waals surface area (Å²) in [5.74, 6) is 0.964. The minimum absolute atomic E-state index is 0.268. The number of anilines is 1. The van der Waals surface area contributed by atoms with Gasteiger partial charge in [0.15, 0.2) is 0 Å². The van der Waals surface area contributed by atoms with E-state index in [1.54, 1.807) is 0 Å². The number of benzene rings is 1. The fourth-order valence-corrected chi connectivity index (χ4v) is 4.29. The molecule has 0 saturated carbocycles. The minimum Gasteiger partial charge on any atom is -0.371 e. The zero-order valence-electron chi connectivity index (χ0n) is 15.9. The van der Waals surface area contributed by atoms with Crippen LogP contribution in [0.5, 0.6) is 0 Å². The number of likely N-dealkylation sites (tertiary alicyclic amines) is 1. The number of aryl methyl sites for hydroxylation is 1. The predicted molar refractivity (Wildman–Crippen MR) is 105 cm³/mol. The lowest BCUT2D eigenvalue weighted by Crippen LogP contribution is -2.45. The topological polar surface area (TPSA) is 23.6 Å². The zero-order chi connectivity index (χ0) is 18.0. The zero-order valence-corrected chi connectivity index (χ0v) is 16.6. The highest BCUT2D eigenvalue weighted by Crippen LogP contribution is 2.31. The van der Waals surface area contributed by atoms with Crippen LogP contribution in [0.1, 0.15) is 52.0 Å². The number of carbonyl (C=O) groups excluding carboxylic acids is 1. The number of piperidine rings is 1. The first-order valence-corrected chi connectivity index (χ1v) is 10.0. The molecule has 0 N–H and O–H groups in total. The number of hydrogen-bond acceptors (Lipinski definition) is 2. The van der Waals surface area contributed by atoms with Gasteiger partial charge in [0.25, 0.3) is 0 Å². The van der Waals surface area contributed by atoms with Crippen LogP contribution in [-0.2, 0) is 11.2 Å². The van der Waals surface area contributed by atoms with Gasteiger partial charge in [-0.05, 0) is 61.8 Å². The summed E-state index contributed by atoms with van der Waals surface area (Å²) in [5, 5.41) is 0.842. The van der Waals surface area contributed by atoms with Crippen LogP contribution in [0.3, 0.4) is 0 Å². The second kappa shape index (κ2) is 7.57. The SMILES string of the molecule is CC(C)(C)C(=O)N1CCC(CN2CCCCc3cc(Cl)ccc32)CC1. The molecule has 2 aliphatic rings. The molecule has 3 rings (SSSR count). The summed E-state index contributed by atoms with van der Waals surface area (Å²) in [5.41, 5.74) is 2.50. The Balaban J connectivity index is 1.62. The summed E-state index contributed by atoms with van der Waals surface area (Å²) in [4.78, 5) is 17.1. The van der Waals surface area contributed by atoms with Gasteiger partial charge >= 0.3 is 0 Å². The molecule has 25 heavy (non-hydrogen) atoms. The fourth-order valence-electron chi connectivity index (χ4n) is 4.10. The third-order valence-corrected chi connectivity index (χ3v) is 5.76. The third-order valence-electron chi connectivity index (χ3n) is 5.53. The van der Waals surface area contributed by atoms with Crippen LogP contribution < -0.4 is 4.90 Å². The molecule has 1 amide bonds. The monoisotopic (exact) mass is 362 g/mol. The largest absolute Gasteiger partial charge is 0.371 e. The second-order valence-corrected chi connectivity index (χ2v) is 9.10. The normalized spacial score (nSPS) is 19.5. The molecule has 0 aliphatic carbocycles. The van der Waals surface area contributed by atoms with E-state index < -0.39 is 0 Å². The molecule has 0 atom stereocenters. The maximum atomic E-state index is 12.5. The van der Waals surface area contributed by atoms with Gasteiger partial charge in [0.1, 0.15) is 0 Å². The summed E-state index contributed by atoms with van der Waals surface area (Å²) < 4.78 is 0. The molecule has 3 nitrogen and oxygen atoms in total. The lowest BCUT2D eigenvalue weighted by Gasteiger charge is -2.38. The highest BCUT2D eigenvalue weighted by molar-refractivity contribution is 6.30. The first-order chi connectivity index (χ1) is 11.8. The van der Waals surface area contributed by atoms with Crippen molar-refractivity contribution in [3.8, 4) is 0 Å². The highest BCUT2D eigenvalue weighted by atomic mass is 35.5. The van der Waals surface area contributed by atoms with Crippen LogP contribution in [0.4, 0.5) is 5.69 Å². The Labute approximate surface area is 157 Å². The Kier molecular flexibility index (Phi) is 5.62.